The second kappa shape index (κ2) is 7.94. The van der Waals surface area contributed by atoms with Gasteiger partial charge in [0.25, 0.3) is 0 Å². The normalized spacial score (nSPS) is 10.3. The first-order valence-electron chi connectivity index (χ1n) is 8.42. The third kappa shape index (κ3) is 3.98. The van der Waals surface area contributed by atoms with Gasteiger partial charge in [0.1, 0.15) is 5.01 Å². The van der Waals surface area contributed by atoms with Crippen molar-refractivity contribution in [3.8, 4) is 16.6 Å². The summed E-state index contributed by atoms with van der Waals surface area (Å²) in [6.07, 6.45) is 0.260. The van der Waals surface area contributed by atoms with Crippen LogP contribution in [0.15, 0.2) is 53.9 Å². The first kappa shape index (κ1) is 17.8. The van der Waals surface area contributed by atoms with Gasteiger partial charge in [-0.25, -0.2) is 4.98 Å². The van der Waals surface area contributed by atoms with E-state index < -0.39 is 0 Å². The number of carbonyl (C=O) groups excluding carboxylic acids is 1. The quantitative estimate of drug-likeness (QED) is 0.668. The Morgan fingerprint density at radius 3 is 2.46 bits per heavy atom. The summed E-state index contributed by atoms with van der Waals surface area (Å²) in [4.78, 5) is 19.0. The van der Waals surface area contributed by atoms with Crippen molar-refractivity contribution in [1.29, 1.82) is 5.26 Å². The molecule has 130 valence electrons. The number of aryl methyl sites for hydroxylation is 1. The minimum absolute atomic E-state index is 0.00189. The molecule has 0 unspecified atom stereocenters. The van der Waals surface area contributed by atoms with E-state index in [1.165, 1.54) is 5.56 Å². The summed E-state index contributed by atoms with van der Waals surface area (Å²) in [5.74, 6) is -0.00189. The Hall–Kier alpha value is -2.97. The van der Waals surface area contributed by atoms with E-state index in [9.17, 15) is 4.79 Å². The lowest BCUT2D eigenvalue weighted by Gasteiger charge is -2.20. The maximum atomic E-state index is 12.7. The molecule has 5 heteroatoms. The lowest BCUT2D eigenvalue weighted by Crippen LogP contribution is -2.32. The van der Waals surface area contributed by atoms with Crippen LogP contribution in [0.25, 0.3) is 10.6 Å². The van der Waals surface area contributed by atoms with Crippen LogP contribution in [0.5, 0.6) is 0 Å². The fourth-order valence-electron chi connectivity index (χ4n) is 2.69. The van der Waals surface area contributed by atoms with Crippen LogP contribution in [0, 0.1) is 18.3 Å². The van der Waals surface area contributed by atoms with E-state index in [1.54, 1.807) is 40.5 Å². The summed E-state index contributed by atoms with van der Waals surface area (Å²) >= 11 is 1.55. The number of thiazole rings is 1. The summed E-state index contributed by atoms with van der Waals surface area (Å²) in [6.45, 7) is 4.56. The Kier molecular flexibility index (Phi) is 5.45. The molecule has 0 atom stereocenters. The van der Waals surface area contributed by atoms with Crippen LogP contribution >= 0.6 is 11.3 Å². The van der Waals surface area contributed by atoms with Crippen LogP contribution in [-0.4, -0.2) is 17.4 Å². The van der Waals surface area contributed by atoms with Crippen molar-refractivity contribution in [2.45, 2.75) is 20.3 Å². The van der Waals surface area contributed by atoms with Crippen LogP contribution in [0.4, 0.5) is 5.69 Å². The molecule has 0 spiro atoms. The SMILES string of the molecule is CCN(C(=O)Cc1csc(-c2ccc(C)cc2)n1)c1ccc(C#N)cc1. The maximum absolute atomic E-state index is 12.7. The van der Waals surface area contributed by atoms with Gasteiger partial charge in [-0.05, 0) is 38.1 Å². The van der Waals surface area contributed by atoms with Gasteiger partial charge in [0.2, 0.25) is 5.91 Å². The Labute approximate surface area is 157 Å². The second-order valence-electron chi connectivity index (χ2n) is 5.98. The van der Waals surface area contributed by atoms with Gasteiger partial charge in [-0.1, -0.05) is 29.8 Å². The lowest BCUT2D eigenvalue weighted by atomic mass is 10.1. The zero-order valence-corrected chi connectivity index (χ0v) is 15.6. The molecule has 3 rings (SSSR count). The summed E-state index contributed by atoms with van der Waals surface area (Å²) < 4.78 is 0. The van der Waals surface area contributed by atoms with Gasteiger partial charge in [0, 0.05) is 23.2 Å². The Balaban J connectivity index is 1.74. The molecule has 2 aromatic carbocycles. The third-order valence-electron chi connectivity index (χ3n) is 4.11. The number of hydrogen-bond acceptors (Lipinski definition) is 4. The van der Waals surface area contributed by atoms with Crippen LogP contribution < -0.4 is 4.90 Å². The van der Waals surface area contributed by atoms with E-state index in [1.807, 2.05) is 12.3 Å². The van der Waals surface area contributed by atoms with E-state index in [0.29, 0.717) is 12.1 Å². The summed E-state index contributed by atoms with van der Waals surface area (Å²) in [7, 11) is 0. The monoisotopic (exact) mass is 361 g/mol. The van der Waals surface area contributed by atoms with E-state index in [4.69, 9.17) is 5.26 Å². The molecule has 0 fully saturated rings. The molecule has 1 heterocycles. The van der Waals surface area contributed by atoms with Crippen molar-refractivity contribution in [3.05, 3.63) is 70.7 Å². The minimum atomic E-state index is -0.00189. The molecule has 0 aliphatic heterocycles. The molecule has 0 saturated carbocycles. The van der Waals surface area contributed by atoms with E-state index in [2.05, 4.69) is 42.2 Å². The number of hydrogen-bond donors (Lipinski definition) is 0. The van der Waals surface area contributed by atoms with Crippen LogP contribution in [0.2, 0.25) is 0 Å². The van der Waals surface area contributed by atoms with Crippen molar-refractivity contribution in [2.75, 3.05) is 11.4 Å². The Bertz CT molecular complexity index is 937. The van der Waals surface area contributed by atoms with Gasteiger partial charge < -0.3 is 4.90 Å². The molecule has 1 amide bonds. The fourth-order valence-corrected chi connectivity index (χ4v) is 3.51. The molecular formula is C21H19N3OS. The first-order chi connectivity index (χ1) is 12.6. The second-order valence-corrected chi connectivity index (χ2v) is 6.84. The fraction of sp³-hybridized carbons (Fsp3) is 0.190. The molecule has 26 heavy (non-hydrogen) atoms. The zero-order valence-electron chi connectivity index (χ0n) is 14.8. The number of anilines is 1. The lowest BCUT2D eigenvalue weighted by molar-refractivity contribution is -0.118. The smallest absolute Gasteiger partial charge is 0.233 e. The molecule has 4 nitrogen and oxygen atoms in total. The molecule has 0 bridgehead atoms. The first-order valence-corrected chi connectivity index (χ1v) is 9.30. The van der Waals surface area contributed by atoms with E-state index in [-0.39, 0.29) is 12.3 Å². The largest absolute Gasteiger partial charge is 0.312 e. The molecule has 0 radical (unpaired) electrons. The number of benzene rings is 2. The third-order valence-corrected chi connectivity index (χ3v) is 5.05. The Morgan fingerprint density at radius 1 is 1.15 bits per heavy atom. The summed E-state index contributed by atoms with van der Waals surface area (Å²) in [5.41, 5.74) is 4.44. The summed E-state index contributed by atoms with van der Waals surface area (Å²) in [5, 5.41) is 11.8. The van der Waals surface area contributed by atoms with Crippen molar-refractivity contribution >= 4 is 22.9 Å². The van der Waals surface area contributed by atoms with Crippen molar-refractivity contribution in [2.24, 2.45) is 0 Å². The van der Waals surface area contributed by atoms with Gasteiger partial charge >= 0.3 is 0 Å². The predicted octanol–water partition coefficient (Wildman–Crippen LogP) is 4.59. The molecule has 1 aromatic heterocycles. The zero-order chi connectivity index (χ0) is 18.5. The number of aromatic nitrogens is 1. The topological polar surface area (TPSA) is 57.0 Å². The highest BCUT2D eigenvalue weighted by Crippen LogP contribution is 2.25. The molecular weight excluding hydrogens is 342 g/mol. The van der Waals surface area contributed by atoms with Crippen LogP contribution in [0.1, 0.15) is 23.7 Å². The highest BCUT2D eigenvalue weighted by atomic mass is 32.1. The molecule has 0 N–H and O–H groups in total. The molecule has 0 aliphatic carbocycles. The van der Waals surface area contributed by atoms with Gasteiger partial charge in [-0.15, -0.1) is 11.3 Å². The van der Waals surface area contributed by atoms with Gasteiger partial charge in [-0.2, -0.15) is 5.26 Å². The molecule has 0 aliphatic rings. The van der Waals surface area contributed by atoms with Crippen molar-refractivity contribution in [1.82, 2.24) is 4.98 Å². The number of likely N-dealkylation sites (N-methyl/N-ethyl adjacent to an activating group) is 1. The number of nitrogens with zero attached hydrogens (tertiary/aromatic N) is 3. The Morgan fingerprint density at radius 2 is 1.85 bits per heavy atom. The van der Waals surface area contributed by atoms with E-state index >= 15 is 0 Å². The van der Waals surface area contributed by atoms with Gasteiger partial charge in [0.15, 0.2) is 0 Å². The van der Waals surface area contributed by atoms with Crippen molar-refractivity contribution in [3.63, 3.8) is 0 Å². The summed E-state index contributed by atoms with van der Waals surface area (Å²) in [6, 6.07) is 17.4. The number of amides is 1. The highest BCUT2D eigenvalue weighted by molar-refractivity contribution is 7.13. The van der Waals surface area contributed by atoms with Crippen LogP contribution in [-0.2, 0) is 11.2 Å². The molecule has 0 saturated heterocycles. The highest BCUT2D eigenvalue weighted by Gasteiger charge is 2.16. The predicted molar refractivity (Wildman–Crippen MR) is 105 cm³/mol. The molecule has 3 aromatic rings. The average Bonchev–Trinajstić information content (AvgIpc) is 3.12. The van der Waals surface area contributed by atoms with Crippen LogP contribution in [0.3, 0.4) is 0 Å². The van der Waals surface area contributed by atoms with Gasteiger partial charge in [0.05, 0.1) is 23.7 Å². The van der Waals surface area contributed by atoms with Gasteiger partial charge in [-0.3, -0.25) is 4.79 Å². The number of rotatable bonds is 5. The number of nitriles is 1. The minimum Gasteiger partial charge on any atom is -0.312 e. The standard InChI is InChI=1S/C21H19N3OS/c1-3-24(19-10-6-16(13-22)7-11-19)20(25)12-18-14-26-21(23-18)17-8-4-15(2)5-9-17/h4-11,14H,3,12H2,1-2H3. The number of carbonyl (C=O) groups is 1. The van der Waals surface area contributed by atoms with Crippen molar-refractivity contribution < 1.29 is 4.79 Å². The van der Waals surface area contributed by atoms with E-state index in [0.717, 1.165) is 22.0 Å². The average molecular weight is 361 g/mol. The maximum Gasteiger partial charge on any atom is 0.233 e.